The lowest BCUT2D eigenvalue weighted by Crippen LogP contribution is -2.45. The molecule has 1 aliphatic rings. The van der Waals surface area contributed by atoms with Gasteiger partial charge < -0.3 is 10.2 Å². The summed E-state index contributed by atoms with van der Waals surface area (Å²) in [5.74, 6) is 2.48. The zero-order valence-electron chi connectivity index (χ0n) is 8.78. The van der Waals surface area contributed by atoms with Crippen LogP contribution in [-0.4, -0.2) is 48.5 Å². The Morgan fingerprint density at radius 1 is 1.64 bits per heavy atom. The summed E-state index contributed by atoms with van der Waals surface area (Å²) in [6.07, 6.45) is 0.630. The van der Waals surface area contributed by atoms with E-state index in [1.54, 1.807) is 0 Å². The lowest BCUT2D eigenvalue weighted by Gasteiger charge is -2.33. The van der Waals surface area contributed by atoms with Crippen molar-refractivity contribution >= 4 is 30.1 Å². The molecular formula is C9H19ClN2OS. The minimum absolute atomic E-state index is 0. The molecule has 0 aromatic heterocycles. The molecule has 0 aromatic carbocycles. The van der Waals surface area contributed by atoms with E-state index < -0.39 is 0 Å². The molecule has 1 aliphatic heterocycles. The van der Waals surface area contributed by atoms with Crippen LogP contribution in [0.5, 0.6) is 0 Å². The van der Waals surface area contributed by atoms with Crippen molar-refractivity contribution < 1.29 is 4.79 Å². The molecule has 1 saturated heterocycles. The maximum absolute atomic E-state index is 11.6. The lowest BCUT2D eigenvalue weighted by molar-refractivity contribution is -0.132. The van der Waals surface area contributed by atoms with Gasteiger partial charge in [-0.3, -0.25) is 4.79 Å². The van der Waals surface area contributed by atoms with E-state index in [9.17, 15) is 4.79 Å². The van der Waals surface area contributed by atoms with Crippen molar-refractivity contribution in [3.63, 3.8) is 0 Å². The summed E-state index contributed by atoms with van der Waals surface area (Å²) in [7, 11) is 1.88. The van der Waals surface area contributed by atoms with E-state index in [1.165, 1.54) is 0 Å². The number of amides is 1. The van der Waals surface area contributed by atoms with Crippen molar-refractivity contribution in [2.45, 2.75) is 19.4 Å². The molecule has 1 amide bonds. The fourth-order valence-electron chi connectivity index (χ4n) is 1.47. The summed E-state index contributed by atoms with van der Waals surface area (Å²) in [6, 6.07) is 0.420. The van der Waals surface area contributed by atoms with E-state index >= 15 is 0 Å². The second-order valence-electron chi connectivity index (χ2n) is 3.36. The third kappa shape index (κ3) is 4.07. The maximum atomic E-state index is 11.6. The number of hydrogen-bond acceptors (Lipinski definition) is 3. The van der Waals surface area contributed by atoms with Crippen LogP contribution in [0.3, 0.4) is 0 Å². The normalized spacial score (nSPS) is 21.6. The highest BCUT2D eigenvalue weighted by Gasteiger charge is 2.22. The monoisotopic (exact) mass is 238 g/mol. The molecule has 1 heterocycles. The molecule has 1 N–H and O–H groups in total. The van der Waals surface area contributed by atoms with Gasteiger partial charge in [-0.1, -0.05) is 0 Å². The van der Waals surface area contributed by atoms with Crippen LogP contribution in [0, 0.1) is 0 Å². The van der Waals surface area contributed by atoms with Crippen molar-refractivity contribution in [2.75, 3.05) is 31.6 Å². The molecule has 0 radical (unpaired) electrons. The Morgan fingerprint density at radius 2 is 2.36 bits per heavy atom. The number of thioether (sulfide) groups is 1. The first-order chi connectivity index (χ1) is 6.25. The van der Waals surface area contributed by atoms with Crippen molar-refractivity contribution in [2.24, 2.45) is 0 Å². The molecule has 1 fully saturated rings. The second kappa shape index (κ2) is 7.37. The molecule has 0 saturated carbocycles. The van der Waals surface area contributed by atoms with Gasteiger partial charge in [-0.15, -0.1) is 12.4 Å². The summed E-state index contributed by atoms with van der Waals surface area (Å²) in [5.41, 5.74) is 0. The van der Waals surface area contributed by atoms with Gasteiger partial charge in [0.25, 0.3) is 0 Å². The van der Waals surface area contributed by atoms with Crippen LogP contribution in [0.15, 0.2) is 0 Å². The van der Waals surface area contributed by atoms with Crippen LogP contribution in [0.25, 0.3) is 0 Å². The van der Waals surface area contributed by atoms with Gasteiger partial charge in [0.2, 0.25) is 5.91 Å². The predicted molar refractivity (Wildman–Crippen MR) is 64.3 cm³/mol. The molecule has 0 aliphatic carbocycles. The molecule has 1 rings (SSSR count). The Balaban J connectivity index is 0.00000169. The molecule has 3 nitrogen and oxygen atoms in total. The largest absolute Gasteiger partial charge is 0.338 e. The van der Waals surface area contributed by atoms with Gasteiger partial charge in [0.15, 0.2) is 0 Å². The van der Waals surface area contributed by atoms with E-state index in [2.05, 4.69) is 12.2 Å². The van der Waals surface area contributed by atoms with E-state index in [1.807, 2.05) is 23.7 Å². The first-order valence-corrected chi connectivity index (χ1v) is 5.93. The number of nitrogens with one attached hydrogen (secondary N) is 1. The summed E-state index contributed by atoms with van der Waals surface area (Å²) in [5, 5.41) is 3.00. The third-order valence-electron chi connectivity index (χ3n) is 2.28. The number of hydrogen-bond donors (Lipinski definition) is 1. The number of carbonyl (C=O) groups excluding carboxylic acids is 1. The van der Waals surface area contributed by atoms with E-state index in [-0.39, 0.29) is 12.4 Å². The molecule has 0 spiro atoms. The average Bonchev–Trinajstić information content (AvgIpc) is 2.15. The summed E-state index contributed by atoms with van der Waals surface area (Å²) in [4.78, 5) is 13.7. The first-order valence-electron chi connectivity index (χ1n) is 4.77. The van der Waals surface area contributed by atoms with Crippen molar-refractivity contribution in [1.29, 1.82) is 0 Å². The molecular weight excluding hydrogens is 220 g/mol. The number of rotatable bonds is 3. The summed E-state index contributed by atoms with van der Waals surface area (Å²) >= 11 is 1.94. The molecule has 1 unspecified atom stereocenters. The predicted octanol–water partition coefficient (Wildman–Crippen LogP) is 0.982. The number of nitrogens with zero attached hydrogens (tertiary/aromatic N) is 1. The summed E-state index contributed by atoms with van der Waals surface area (Å²) in [6.45, 7) is 3.84. The Morgan fingerprint density at radius 3 is 2.93 bits per heavy atom. The van der Waals surface area contributed by atoms with Gasteiger partial charge in [-0.05, 0) is 14.0 Å². The highest BCUT2D eigenvalue weighted by Crippen LogP contribution is 2.16. The van der Waals surface area contributed by atoms with Gasteiger partial charge in [0, 0.05) is 37.1 Å². The lowest BCUT2D eigenvalue weighted by atomic mass is 10.2. The Kier molecular flexibility index (Phi) is 7.41. The Hall–Kier alpha value is 0.0700. The van der Waals surface area contributed by atoms with Crippen LogP contribution in [0.4, 0.5) is 0 Å². The third-order valence-corrected chi connectivity index (χ3v) is 3.47. The zero-order chi connectivity index (χ0) is 9.68. The SMILES string of the molecule is CNCCC(=O)N1CCSCC1C.Cl. The van der Waals surface area contributed by atoms with Crippen molar-refractivity contribution in [3.8, 4) is 0 Å². The molecule has 14 heavy (non-hydrogen) atoms. The number of carbonyl (C=O) groups is 1. The average molecular weight is 239 g/mol. The van der Waals surface area contributed by atoms with E-state index in [4.69, 9.17) is 0 Å². The molecule has 84 valence electrons. The van der Waals surface area contributed by atoms with Crippen LogP contribution >= 0.6 is 24.2 Å². The summed E-state index contributed by atoms with van der Waals surface area (Å²) < 4.78 is 0. The highest BCUT2D eigenvalue weighted by atomic mass is 35.5. The van der Waals surface area contributed by atoms with Crippen LogP contribution < -0.4 is 5.32 Å². The quantitative estimate of drug-likeness (QED) is 0.796. The van der Waals surface area contributed by atoms with Gasteiger partial charge >= 0.3 is 0 Å². The van der Waals surface area contributed by atoms with Crippen LogP contribution in [-0.2, 0) is 4.79 Å². The van der Waals surface area contributed by atoms with Gasteiger partial charge in [-0.25, -0.2) is 0 Å². The second-order valence-corrected chi connectivity index (χ2v) is 4.51. The molecule has 5 heteroatoms. The van der Waals surface area contributed by atoms with Gasteiger partial charge in [-0.2, -0.15) is 11.8 Å². The smallest absolute Gasteiger partial charge is 0.224 e. The standard InChI is InChI=1S/C9H18N2OS.ClH/c1-8-7-13-6-5-11(8)9(12)3-4-10-2;/h8,10H,3-7H2,1-2H3;1H. The topological polar surface area (TPSA) is 32.3 Å². The highest BCUT2D eigenvalue weighted by molar-refractivity contribution is 7.99. The van der Waals surface area contributed by atoms with Crippen molar-refractivity contribution in [3.05, 3.63) is 0 Å². The Labute approximate surface area is 96.4 Å². The van der Waals surface area contributed by atoms with E-state index in [0.717, 1.165) is 24.6 Å². The molecule has 0 bridgehead atoms. The van der Waals surface area contributed by atoms with E-state index in [0.29, 0.717) is 18.4 Å². The fourth-order valence-corrected chi connectivity index (χ4v) is 2.49. The van der Waals surface area contributed by atoms with Gasteiger partial charge in [0.1, 0.15) is 0 Å². The number of halogens is 1. The first kappa shape index (κ1) is 14.1. The minimum atomic E-state index is 0. The Bertz CT molecular complexity index is 180. The zero-order valence-corrected chi connectivity index (χ0v) is 10.4. The van der Waals surface area contributed by atoms with Gasteiger partial charge in [0.05, 0.1) is 0 Å². The molecule has 1 atom stereocenters. The fraction of sp³-hybridized carbons (Fsp3) is 0.889. The minimum Gasteiger partial charge on any atom is -0.338 e. The van der Waals surface area contributed by atoms with Crippen LogP contribution in [0.1, 0.15) is 13.3 Å². The molecule has 0 aromatic rings. The van der Waals surface area contributed by atoms with Crippen molar-refractivity contribution in [1.82, 2.24) is 10.2 Å². The maximum Gasteiger partial charge on any atom is 0.224 e. The van der Waals surface area contributed by atoms with Crippen LogP contribution in [0.2, 0.25) is 0 Å².